The Morgan fingerprint density at radius 2 is 1.73 bits per heavy atom. The van der Waals surface area contributed by atoms with Crippen LogP contribution in [0.15, 0.2) is 35.5 Å². The molecule has 2 heterocycles. The molecular weight excluding hydrogens is 443 g/mol. The topological polar surface area (TPSA) is 92.3 Å². The van der Waals surface area contributed by atoms with E-state index in [1.54, 1.807) is 0 Å². The van der Waals surface area contributed by atoms with Gasteiger partial charge in [0, 0.05) is 12.1 Å². The van der Waals surface area contributed by atoms with Gasteiger partial charge in [-0.15, -0.1) is 0 Å². The molecule has 174 valence electrons. The predicted molar refractivity (Wildman–Crippen MR) is 119 cm³/mol. The highest BCUT2D eigenvalue weighted by Crippen LogP contribution is 2.60. The Morgan fingerprint density at radius 1 is 1.06 bits per heavy atom. The summed E-state index contributed by atoms with van der Waals surface area (Å²) in [6.07, 6.45) is 8.42. The molecule has 4 bridgehead atoms. The van der Waals surface area contributed by atoms with Gasteiger partial charge >= 0.3 is 0 Å². The number of hydrogen-bond acceptors (Lipinski definition) is 5. The number of hydrogen-bond donors (Lipinski definition) is 1. The number of carbonyl (C=O) groups excluding carboxylic acids is 1. The summed E-state index contributed by atoms with van der Waals surface area (Å²) >= 11 is 0. The molecule has 2 aromatic rings. The maximum absolute atomic E-state index is 14.2. The molecule has 0 unspecified atom stereocenters. The van der Waals surface area contributed by atoms with Crippen molar-refractivity contribution in [3.05, 3.63) is 47.7 Å². The van der Waals surface area contributed by atoms with Crippen molar-refractivity contribution in [1.29, 1.82) is 0 Å². The van der Waals surface area contributed by atoms with Gasteiger partial charge in [-0.2, -0.15) is 4.31 Å². The van der Waals surface area contributed by atoms with Crippen molar-refractivity contribution in [3.63, 3.8) is 0 Å². The fourth-order valence-electron chi connectivity index (χ4n) is 7.07. The number of rotatable bonds is 4. The highest BCUT2D eigenvalue weighted by atomic mass is 32.2. The summed E-state index contributed by atoms with van der Waals surface area (Å²) in [7, 11) is -3.99. The maximum atomic E-state index is 14.2. The third-order valence-corrected chi connectivity index (χ3v) is 10.1. The number of halogens is 1. The summed E-state index contributed by atoms with van der Waals surface area (Å²) in [6.45, 7) is 0.200. The van der Waals surface area contributed by atoms with Crippen molar-refractivity contribution >= 4 is 21.7 Å². The first-order valence-electron chi connectivity index (χ1n) is 11.7. The van der Waals surface area contributed by atoms with Crippen LogP contribution in [-0.4, -0.2) is 35.1 Å². The summed E-state index contributed by atoms with van der Waals surface area (Å²) in [5.41, 5.74) is 1.04. The molecule has 0 atom stereocenters. The molecule has 1 aliphatic heterocycles. The first-order chi connectivity index (χ1) is 15.8. The molecule has 0 radical (unpaired) electrons. The molecule has 1 aromatic heterocycles. The molecular formula is C24H27FN4O3S. The minimum Gasteiger partial charge on any atom is -0.310 e. The van der Waals surface area contributed by atoms with Crippen LogP contribution >= 0.6 is 0 Å². The van der Waals surface area contributed by atoms with E-state index in [-0.39, 0.29) is 29.3 Å². The zero-order valence-electron chi connectivity index (χ0n) is 18.3. The van der Waals surface area contributed by atoms with Crippen molar-refractivity contribution in [2.24, 2.45) is 23.2 Å². The molecule has 1 amide bonds. The quantitative estimate of drug-likeness (QED) is 0.738. The van der Waals surface area contributed by atoms with E-state index in [0.717, 1.165) is 30.9 Å². The lowest BCUT2D eigenvalue weighted by Gasteiger charge is -2.55. The molecule has 4 saturated carbocycles. The monoisotopic (exact) mass is 470 g/mol. The van der Waals surface area contributed by atoms with Crippen LogP contribution in [0.2, 0.25) is 0 Å². The first kappa shape index (κ1) is 21.2. The fraction of sp³-hybridized carbons (Fsp3) is 0.542. The predicted octanol–water partition coefficient (Wildman–Crippen LogP) is 3.52. The molecule has 4 fully saturated rings. The van der Waals surface area contributed by atoms with Crippen LogP contribution in [0.3, 0.4) is 0 Å². The Balaban J connectivity index is 1.24. The van der Waals surface area contributed by atoms with Gasteiger partial charge in [-0.05, 0) is 74.8 Å². The first-order valence-corrected chi connectivity index (χ1v) is 13.2. The zero-order valence-corrected chi connectivity index (χ0v) is 19.2. The number of aromatic nitrogens is 2. The molecule has 7 rings (SSSR count). The van der Waals surface area contributed by atoms with Crippen LogP contribution in [0, 0.1) is 29.0 Å². The normalized spacial score (nSPS) is 30.8. The largest absolute Gasteiger partial charge is 0.310 e. The summed E-state index contributed by atoms with van der Waals surface area (Å²) < 4.78 is 41.4. The van der Waals surface area contributed by atoms with Gasteiger partial charge in [0.15, 0.2) is 0 Å². The number of nitrogens with one attached hydrogen (secondary N) is 1. The number of benzene rings is 1. The van der Waals surface area contributed by atoms with E-state index in [1.165, 1.54) is 48.1 Å². The highest BCUT2D eigenvalue weighted by molar-refractivity contribution is 7.89. The number of nitrogens with zero attached hydrogens (tertiary/aromatic N) is 3. The average Bonchev–Trinajstić information content (AvgIpc) is 2.78. The molecule has 7 nitrogen and oxygen atoms in total. The molecule has 1 aromatic carbocycles. The van der Waals surface area contributed by atoms with E-state index in [1.807, 2.05) is 0 Å². The third kappa shape index (κ3) is 3.47. The average molecular weight is 471 g/mol. The molecule has 4 aliphatic carbocycles. The van der Waals surface area contributed by atoms with Gasteiger partial charge in [0.25, 0.3) is 0 Å². The van der Waals surface area contributed by atoms with Crippen LogP contribution in [0.5, 0.6) is 0 Å². The number of anilines is 1. The van der Waals surface area contributed by atoms with Crippen LogP contribution in [0.25, 0.3) is 0 Å². The second kappa shape index (κ2) is 7.56. The fourth-order valence-corrected chi connectivity index (χ4v) is 8.53. The maximum Gasteiger partial charge on any atom is 0.246 e. The Morgan fingerprint density at radius 3 is 2.39 bits per heavy atom. The van der Waals surface area contributed by atoms with Crippen molar-refractivity contribution in [3.8, 4) is 0 Å². The Hall–Kier alpha value is -2.39. The second-order valence-corrected chi connectivity index (χ2v) is 12.2. The number of sulfonamides is 1. The van der Waals surface area contributed by atoms with Gasteiger partial charge in [-0.25, -0.2) is 22.8 Å². The smallest absolute Gasteiger partial charge is 0.246 e. The van der Waals surface area contributed by atoms with Gasteiger partial charge < -0.3 is 5.32 Å². The molecule has 9 heteroatoms. The van der Waals surface area contributed by atoms with E-state index < -0.39 is 15.8 Å². The number of fused-ring (bicyclic) bond motifs is 1. The van der Waals surface area contributed by atoms with Gasteiger partial charge in [0.2, 0.25) is 15.9 Å². The number of amides is 1. The molecule has 0 saturated heterocycles. The van der Waals surface area contributed by atoms with Crippen LogP contribution < -0.4 is 5.32 Å². The standard InChI is InChI=1S/C24H27FN4O3S/c25-19-3-1-2-4-21(19)33(31,32)29-6-5-18-20(13-29)26-14-27-22(18)28-23(30)24-10-15-7-16(11-24)9-17(8-15)12-24/h1-4,14-17H,5-13H2,(H,26,27,28,30). The van der Waals surface area contributed by atoms with Crippen LogP contribution in [0.1, 0.15) is 49.8 Å². The Kier molecular flexibility index (Phi) is 4.85. The molecule has 1 N–H and O–H groups in total. The lowest BCUT2D eigenvalue weighted by Crippen LogP contribution is -2.52. The molecule has 5 aliphatic rings. The van der Waals surface area contributed by atoms with Crippen LogP contribution in [0.4, 0.5) is 10.2 Å². The van der Waals surface area contributed by atoms with Gasteiger partial charge in [0.1, 0.15) is 22.9 Å². The van der Waals surface area contributed by atoms with E-state index in [2.05, 4.69) is 15.3 Å². The van der Waals surface area contributed by atoms with Gasteiger partial charge in [0.05, 0.1) is 17.7 Å². The van der Waals surface area contributed by atoms with Gasteiger partial charge in [-0.3, -0.25) is 4.79 Å². The lowest BCUT2D eigenvalue weighted by molar-refractivity contribution is -0.140. The summed E-state index contributed by atoms with van der Waals surface area (Å²) in [5, 5.41) is 3.10. The Labute approximate surface area is 192 Å². The third-order valence-electron chi connectivity index (χ3n) is 8.18. The minimum atomic E-state index is -3.99. The van der Waals surface area contributed by atoms with Gasteiger partial charge in [-0.1, -0.05) is 12.1 Å². The summed E-state index contributed by atoms with van der Waals surface area (Å²) in [4.78, 5) is 21.8. The number of carbonyl (C=O) groups is 1. The SMILES string of the molecule is O=C(Nc1ncnc2c1CCN(S(=O)(=O)c1ccccc1F)C2)C12CC3CC(CC(C3)C1)C2. The second-order valence-electron chi connectivity index (χ2n) is 10.3. The lowest BCUT2D eigenvalue weighted by atomic mass is 9.49. The Bertz CT molecular complexity index is 1200. The van der Waals surface area contributed by atoms with Crippen molar-refractivity contribution in [2.45, 2.75) is 56.4 Å². The van der Waals surface area contributed by atoms with E-state index in [9.17, 15) is 17.6 Å². The zero-order chi connectivity index (χ0) is 22.8. The molecule has 33 heavy (non-hydrogen) atoms. The van der Waals surface area contributed by atoms with Crippen molar-refractivity contribution < 1.29 is 17.6 Å². The molecule has 0 spiro atoms. The van der Waals surface area contributed by atoms with E-state index >= 15 is 0 Å². The van der Waals surface area contributed by atoms with E-state index in [4.69, 9.17) is 0 Å². The van der Waals surface area contributed by atoms with E-state index in [0.29, 0.717) is 35.7 Å². The minimum absolute atomic E-state index is 0.0226. The van der Waals surface area contributed by atoms with Crippen LogP contribution in [-0.2, 0) is 27.8 Å². The summed E-state index contributed by atoms with van der Waals surface area (Å²) in [6, 6.07) is 5.39. The van der Waals surface area contributed by atoms with Crippen molar-refractivity contribution in [1.82, 2.24) is 14.3 Å². The van der Waals surface area contributed by atoms with Crippen molar-refractivity contribution in [2.75, 3.05) is 11.9 Å². The summed E-state index contributed by atoms with van der Waals surface area (Å²) in [5.74, 6) is 1.78. The highest BCUT2D eigenvalue weighted by Gasteiger charge is 2.54.